The molecule has 1 aliphatic heterocycles. The van der Waals surface area contributed by atoms with Gasteiger partial charge in [0.1, 0.15) is 5.82 Å². The minimum absolute atomic E-state index is 1.01. The summed E-state index contributed by atoms with van der Waals surface area (Å²) in [4.78, 5) is 7.00. The molecule has 0 unspecified atom stereocenters. The van der Waals surface area contributed by atoms with Gasteiger partial charge < -0.3 is 4.90 Å². The number of aromatic nitrogens is 5. The van der Waals surface area contributed by atoms with Crippen molar-refractivity contribution in [3.63, 3.8) is 0 Å². The third-order valence-electron chi connectivity index (χ3n) is 4.78. The molecule has 3 aromatic heterocycles. The lowest BCUT2D eigenvalue weighted by Crippen LogP contribution is -2.18. The fraction of sp³-hybridized carbons (Fsp3) is 0.211. The van der Waals surface area contributed by atoms with E-state index in [1.807, 2.05) is 41.5 Å². The molecule has 25 heavy (non-hydrogen) atoms. The highest BCUT2D eigenvalue weighted by Crippen LogP contribution is 2.26. The summed E-state index contributed by atoms with van der Waals surface area (Å²) in [6.07, 6.45) is 8.11. The predicted octanol–water partition coefficient (Wildman–Crippen LogP) is 3.41. The Labute approximate surface area is 145 Å². The second-order valence-electron chi connectivity index (χ2n) is 6.37. The number of benzene rings is 1. The molecule has 1 aliphatic rings. The second kappa shape index (κ2) is 5.73. The molecule has 6 heteroatoms. The average Bonchev–Trinajstić information content (AvgIpc) is 3.42. The van der Waals surface area contributed by atoms with Gasteiger partial charge >= 0.3 is 0 Å². The van der Waals surface area contributed by atoms with Gasteiger partial charge in [-0.3, -0.25) is 5.10 Å². The van der Waals surface area contributed by atoms with E-state index in [2.05, 4.69) is 43.4 Å². The smallest absolute Gasteiger partial charge is 0.128 e. The largest absolute Gasteiger partial charge is 0.357 e. The quantitative estimate of drug-likeness (QED) is 0.625. The summed E-state index contributed by atoms with van der Waals surface area (Å²) in [7, 11) is 0. The van der Waals surface area contributed by atoms with Gasteiger partial charge in [-0.05, 0) is 49.2 Å². The zero-order valence-corrected chi connectivity index (χ0v) is 13.8. The molecule has 4 heterocycles. The van der Waals surface area contributed by atoms with Crippen LogP contribution in [0.1, 0.15) is 12.8 Å². The topological polar surface area (TPSA) is 62.6 Å². The van der Waals surface area contributed by atoms with Crippen LogP contribution in [0.5, 0.6) is 0 Å². The zero-order chi connectivity index (χ0) is 16.6. The molecule has 1 aromatic carbocycles. The molecule has 0 saturated carbocycles. The second-order valence-corrected chi connectivity index (χ2v) is 6.37. The van der Waals surface area contributed by atoms with Crippen LogP contribution in [0, 0.1) is 0 Å². The number of hydrogen-bond acceptors (Lipinski definition) is 4. The molecule has 0 spiro atoms. The van der Waals surface area contributed by atoms with Crippen molar-refractivity contribution in [2.45, 2.75) is 12.8 Å². The molecular formula is C19H18N6. The van der Waals surface area contributed by atoms with E-state index in [1.54, 1.807) is 0 Å². The van der Waals surface area contributed by atoms with Gasteiger partial charge in [0, 0.05) is 30.2 Å². The van der Waals surface area contributed by atoms with Crippen molar-refractivity contribution >= 4 is 16.7 Å². The molecule has 0 atom stereocenters. The normalized spacial score (nSPS) is 14.5. The van der Waals surface area contributed by atoms with Gasteiger partial charge in [-0.15, -0.1) is 0 Å². The van der Waals surface area contributed by atoms with Crippen molar-refractivity contribution in [3.05, 3.63) is 55.0 Å². The Kier molecular flexibility index (Phi) is 3.26. The van der Waals surface area contributed by atoms with Gasteiger partial charge in [-0.2, -0.15) is 10.2 Å². The first-order valence-corrected chi connectivity index (χ1v) is 8.57. The van der Waals surface area contributed by atoms with Crippen LogP contribution < -0.4 is 4.90 Å². The molecule has 5 rings (SSSR count). The lowest BCUT2D eigenvalue weighted by Gasteiger charge is -2.16. The molecule has 124 valence electrons. The minimum Gasteiger partial charge on any atom is -0.357 e. The highest BCUT2D eigenvalue weighted by Gasteiger charge is 2.14. The number of aromatic amines is 1. The Morgan fingerprint density at radius 1 is 0.960 bits per heavy atom. The van der Waals surface area contributed by atoms with Crippen molar-refractivity contribution in [2.75, 3.05) is 18.0 Å². The van der Waals surface area contributed by atoms with Crippen molar-refractivity contribution in [2.24, 2.45) is 0 Å². The Bertz CT molecular complexity index is 1010. The van der Waals surface area contributed by atoms with Gasteiger partial charge in [0.25, 0.3) is 0 Å². The number of fused-ring (bicyclic) bond motifs is 1. The number of nitrogens with one attached hydrogen (secondary N) is 1. The molecular weight excluding hydrogens is 312 g/mol. The average molecular weight is 330 g/mol. The summed E-state index contributed by atoms with van der Waals surface area (Å²) in [6.45, 7) is 2.21. The maximum atomic E-state index is 4.66. The van der Waals surface area contributed by atoms with Crippen molar-refractivity contribution < 1.29 is 0 Å². The predicted molar refractivity (Wildman–Crippen MR) is 97.9 cm³/mol. The monoisotopic (exact) mass is 330 g/mol. The van der Waals surface area contributed by atoms with E-state index in [-0.39, 0.29) is 0 Å². The Morgan fingerprint density at radius 3 is 2.72 bits per heavy atom. The molecule has 1 saturated heterocycles. The fourth-order valence-corrected chi connectivity index (χ4v) is 3.46. The van der Waals surface area contributed by atoms with Crippen LogP contribution in [0.15, 0.2) is 55.0 Å². The van der Waals surface area contributed by atoms with Crippen LogP contribution in [-0.4, -0.2) is 38.1 Å². The first-order chi connectivity index (χ1) is 12.4. The van der Waals surface area contributed by atoms with Crippen LogP contribution in [0.25, 0.3) is 27.8 Å². The van der Waals surface area contributed by atoms with E-state index >= 15 is 0 Å². The summed E-state index contributed by atoms with van der Waals surface area (Å²) in [5.41, 5.74) is 4.13. The van der Waals surface area contributed by atoms with Crippen molar-refractivity contribution in [1.82, 2.24) is 25.0 Å². The number of nitrogens with zero attached hydrogens (tertiary/aromatic N) is 5. The van der Waals surface area contributed by atoms with Crippen molar-refractivity contribution in [3.8, 4) is 16.9 Å². The number of anilines is 1. The third-order valence-corrected chi connectivity index (χ3v) is 4.78. The summed E-state index contributed by atoms with van der Waals surface area (Å²) in [5, 5.41) is 12.6. The third kappa shape index (κ3) is 2.46. The van der Waals surface area contributed by atoms with E-state index in [9.17, 15) is 0 Å². The van der Waals surface area contributed by atoms with E-state index in [4.69, 9.17) is 0 Å². The summed E-state index contributed by atoms with van der Waals surface area (Å²) in [6, 6.07) is 12.4. The van der Waals surface area contributed by atoms with Crippen LogP contribution in [-0.2, 0) is 0 Å². The van der Waals surface area contributed by atoms with E-state index in [0.717, 1.165) is 46.8 Å². The molecule has 0 aliphatic carbocycles. The molecule has 6 nitrogen and oxygen atoms in total. The molecule has 0 bridgehead atoms. The van der Waals surface area contributed by atoms with Crippen LogP contribution >= 0.6 is 0 Å². The Hall–Kier alpha value is -3.15. The molecule has 0 radical (unpaired) electrons. The lowest BCUT2D eigenvalue weighted by atomic mass is 10.2. The molecule has 0 amide bonds. The first kappa shape index (κ1) is 14.2. The SMILES string of the molecule is c1cc(-c2ccc(N3CCCC3)nc2)n(-c2ccc3[nH]ncc3c2)n1. The van der Waals surface area contributed by atoms with E-state index in [0.29, 0.717) is 0 Å². The van der Waals surface area contributed by atoms with Crippen molar-refractivity contribution in [1.29, 1.82) is 0 Å². The standard InChI is InChI=1S/C19H18N6/c1-2-10-24(9-1)19-6-3-14(12-20-19)18-7-8-22-25(18)16-4-5-17-15(11-16)13-21-23-17/h3-8,11-13H,1-2,9-10H2,(H,21,23). The summed E-state index contributed by atoms with van der Waals surface area (Å²) >= 11 is 0. The first-order valence-electron chi connectivity index (χ1n) is 8.57. The Morgan fingerprint density at radius 2 is 1.88 bits per heavy atom. The molecule has 1 fully saturated rings. The molecule has 4 aromatic rings. The van der Waals surface area contributed by atoms with E-state index < -0.39 is 0 Å². The van der Waals surface area contributed by atoms with Crippen LogP contribution in [0.2, 0.25) is 0 Å². The van der Waals surface area contributed by atoms with Gasteiger partial charge in [0.05, 0.1) is 29.3 Å². The maximum absolute atomic E-state index is 4.66. The maximum Gasteiger partial charge on any atom is 0.128 e. The number of H-pyrrole nitrogens is 1. The summed E-state index contributed by atoms with van der Waals surface area (Å²) in [5.74, 6) is 1.06. The fourth-order valence-electron chi connectivity index (χ4n) is 3.46. The summed E-state index contributed by atoms with van der Waals surface area (Å²) < 4.78 is 1.94. The van der Waals surface area contributed by atoms with Crippen LogP contribution in [0.3, 0.4) is 0 Å². The highest BCUT2D eigenvalue weighted by atomic mass is 15.3. The number of pyridine rings is 1. The molecule has 1 N–H and O–H groups in total. The van der Waals surface area contributed by atoms with Gasteiger partial charge in [0.15, 0.2) is 0 Å². The number of hydrogen-bond donors (Lipinski definition) is 1. The van der Waals surface area contributed by atoms with Gasteiger partial charge in [-0.1, -0.05) is 0 Å². The van der Waals surface area contributed by atoms with Crippen LogP contribution in [0.4, 0.5) is 5.82 Å². The minimum atomic E-state index is 1.01. The van der Waals surface area contributed by atoms with E-state index in [1.165, 1.54) is 12.8 Å². The van der Waals surface area contributed by atoms with Gasteiger partial charge in [0.2, 0.25) is 0 Å². The zero-order valence-electron chi connectivity index (χ0n) is 13.8. The lowest BCUT2D eigenvalue weighted by molar-refractivity contribution is 0.887. The Balaban J connectivity index is 1.51. The van der Waals surface area contributed by atoms with Gasteiger partial charge in [-0.25, -0.2) is 9.67 Å². The highest BCUT2D eigenvalue weighted by molar-refractivity contribution is 5.80. The number of rotatable bonds is 3.